The molecule has 1 unspecified atom stereocenters. The van der Waals surface area contributed by atoms with Gasteiger partial charge in [0.2, 0.25) is 0 Å². The molecule has 4 rings (SSSR count). The summed E-state index contributed by atoms with van der Waals surface area (Å²) < 4.78 is 0. The Labute approximate surface area is 178 Å². The van der Waals surface area contributed by atoms with Gasteiger partial charge >= 0.3 is 0 Å². The summed E-state index contributed by atoms with van der Waals surface area (Å²) in [6, 6.07) is 15.7. The fraction of sp³-hybridized carbons (Fsp3) is 0.417. The van der Waals surface area contributed by atoms with Crippen LogP contribution in [0.2, 0.25) is 0 Å². The van der Waals surface area contributed by atoms with E-state index in [1.165, 1.54) is 18.5 Å². The number of carbonyl (C=O) groups is 2. The summed E-state index contributed by atoms with van der Waals surface area (Å²) in [6.07, 6.45) is 4.46. The first kappa shape index (κ1) is 20.4. The number of carbonyl (C=O) groups excluding carboxylic acids is 2. The minimum absolute atomic E-state index is 0.0688. The molecule has 0 radical (unpaired) electrons. The number of benzene rings is 2. The molecule has 2 amide bonds. The summed E-state index contributed by atoms with van der Waals surface area (Å²) in [6.45, 7) is 2.08. The van der Waals surface area contributed by atoms with Crippen molar-refractivity contribution >= 4 is 23.2 Å². The maximum atomic E-state index is 12.6. The molecule has 6 nitrogen and oxygen atoms in total. The number of hydrogen-bond donors (Lipinski definition) is 2. The van der Waals surface area contributed by atoms with Crippen LogP contribution in [0.3, 0.4) is 0 Å². The highest BCUT2D eigenvalue weighted by Gasteiger charge is 2.24. The average molecular weight is 407 g/mol. The molecule has 1 heterocycles. The first-order chi connectivity index (χ1) is 14.5. The molecule has 30 heavy (non-hydrogen) atoms. The van der Waals surface area contributed by atoms with Gasteiger partial charge in [-0.25, -0.2) is 0 Å². The van der Waals surface area contributed by atoms with Crippen LogP contribution in [0.15, 0.2) is 48.5 Å². The van der Waals surface area contributed by atoms with Crippen LogP contribution in [0.4, 0.5) is 11.4 Å². The summed E-state index contributed by atoms with van der Waals surface area (Å²) >= 11 is 0. The molecule has 0 aromatic heterocycles. The molecule has 2 aliphatic rings. The molecule has 0 bridgehead atoms. The van der Waals surface area contributed by atoms with E-state index in [0.29, 0.717) is 23.2 Å². The average Bonchev–Trinajstić information content (AvgIpc) is 3.22. The molecular formula is C24H30N4O2. The van der Waals surface area contributed by atoms with Gasteiger partial charge in [-0.2, -0.15) is 0 Å². The zero-order valence-corrected chi connectivity index (χ0v) is 17.7. The van der Waals surface area contributed by atoms with Crippen LogP contribution in [-0.2, 0) is 0 Å². The third-order valence-corrected chi connectivity index (χ3v) is 6.23. The van der Waals surface area contributed by atoms with Gasteiger partial charge < -0.3 is 20.4 Å². The number of likely N-dealkylation sites (N-methyl/N-ethyl adjacent to an activating group) is 1. The predicted molar refractivity (Wildman–Crippen MR) is 120 cm³/mol. The normalized spacial score (nSPS) is 18.9. The molecule has 2 N–H and O–H groups in total. The Morgan fingerprint density at radius 3 is 2.07 bits per heavy atom. The van der Waals surface area contributed by atoms with E-state index in [0.717, 1.165) is 31.6 Å². The van der Waals surface area contributed by atoms with Gasteiger partial charge in [-0.05, 0) is 88.3 Å². The number of anilines is 2. The lowest BCUT2D eigenvalue weighted by atomic mass is 9.93. The van der Waals surface area contributed by atoms with Crippen LogP contribution in [0.1, 0.15) is 46.4 Å². The minimum Gasteiger partial charge on any atom is -0.370 e. The van der Waals surface area contributed by atoms with Gasteiger partial charge in [-0.15, -0.1) is 0 Å². The van der Waals surface area contributed by atoms with Crippen LogP contribution in [-0.4, -0.2) is 56.0 Å². The third-order valence-electron chi connectivity index (χ3n) is 6.23. The van der Waals surface area contributed by atoms with Gasteiger partial charge in [0.15, 0.2) is 0 Å². The van der Waals surface area contributed by atoms with Gasteiger partial charge in [0.25, 0.3) is 11.8 Å². The van der Waals surface area contributed by atoms with E-state index < -0.39 is 0 Å². The van der Waals surface area contributed by atoms with Crippen molar-refractivity contribution in [2.45, 2.75) is 37.8 Å². The topological polar surface area (TPSA) is 64.7 Å². The number of hydrogen-bond acceptors (Lipinski definition) is 4. The molecule has 2 aromatic rings. The minimum atomic E-state index is -0.178. The molecule has 1 aliphatic heterocycles. The summed E-state index contributed by atoms with van der Waals surface area (Å²) in [5.74, 6) is -0.247. The summed E-state index contributed by atoms with van der Waals surface area (Å²) in [7, 11) is 4.25. The van der Waals surface area contributed by atoms with E-state index in [1.54, 1.807) is 24.3 Å². The Hall–Kier alpha value is -2.86. The van der Waals surface area contributed by atoms with E-state index in [2.05, 4.69) is 46.7 Å². The van der Waals surface area contributed by atoms with Crippen molar-refractivity contribution in [3.8, 4) is 0 Å². The molecule has 0 spiro atoms. The lowest BCUT2D eigenvalue weighted by Gasteiger charge is -2.26. The highest BCUT2D eigenvalue weighted by atomic mass is 16.2. The largest absolute Gasteiger partial charge is 0.370 e. The standard InChI is InChI=1S/C24H30N4O2/c1-27(2)22-14-15-28(16-22)21-12-10-20(11-13-21)26-24(30)18-8-6-17(7-9-18)23(29)25-19-4-3-5-19/h6-13,19,22H,3-5,14-16H2,1-2H3,(H,25,29)(H,26,30). The number of nitrogens with one attached hydrogen (secondary N) is 2. The number of nitrogens with zero attached hydrogens (tertiary/aromatic N) is 2. The highest BCUT2D eigenvalue weighted by Crippen LogP contribution is 2.24. The quantitative estimate of drug-likeness (QED) is 0.772. The third kappa shape index (κ3) is 4.65. The molecule has 1 saturated heterocycles. The summed E-state index contributed by atoms with van der Waals surface area (Å²) in [4.78, 5) is 29.4. The second-order valence-corrected chi connectivity index (χ2v) is 8.53. The van der Waals surface area contributed by atoms with Gasteiger partial charge in [-0.3, -0.25) is 9.59 Å². The smallest absolute Gasteiger partial charge is 0.255 e. The van der Waals surface area contributed by atoms with Crippen molar-refractivity contribution in [2.24, 2.45) is 0 Å². The Morgan fingerprint density at radius 2 is 1.53 bits per heavy atom. The van der Waals surface area contributed by atoms with Crippen LogP contribution in [0, 0.1) is 0 Å². The molecule has 2 aromatic carbocycles. The van der Waals surface area contributed by atoms with E-state index >= 15 is 0 Å². The monoisotopic (exact) mass is 406 g/mol. The molecular weight excluding hydrogens is 376 g/mol. The predicted octanol–water partition coefficient (Wildman–Crippen LogP) is 3.36. The first-order valence-corrected chi connectivity index (χ1v) is 10.7. The van der Waals surface area contributed by atoms with Crippen LogP contribution < -0.4 is 15.5 Å². The van der Waals surface area contributed by atoms with Gasteiger partial charge in [0.1, 0.15) is 0 Å². The second-order valence-electron chi connectivity index (χ2n) is 8.53. The Bertz CT molecular complexity index is 888. The van der Waals surface area contributed by atoms with Crippen LogP contribution in [0.5, 0.6) is 0 Å². The zero-order chi connectivity index (χ0) is 21.1. The molecule has 6 heteroatoms. The van der Waals surface area contributed by atoms with Gasteiger partial charge in [-0.1, -0.05) is 0 Å². The Kier molecular flexibility index (Phi) is 6.04. The second kappa shape index (κ2) is 8.88. The summed E-state index contributed by atoms with van der Waals surface area (Å²) in [5.41, 5.74) is 3.06. The van der Waals surface area contributed by atoms with E-state index in [9.17, 15) is 9.59 Å². The Morgan fingerprint density at radius 1 is 0.900 bits per heavy atom. The number of rotatable bonds is 6. The lowest BCUT2D eigenvalue weighted by Crippen LogP contribution is -2.39. The number of amides is 2. The van der Waals surface area contributed by atoms with Crippen molar-refractivity contribution in [1.29, 1.82) is 0 Å². The summed E-state index contributed by atoms with van der Waals surface area (Å²) in [5, 5.41) is 5.95. The zero-order valence-electron chi connectivity index (χ0n) is 17.7. The van der Waals surface area contributed by atoms with E-state index in [-0.39, 0.29) is 11.8 Å². The Balaban J connectivity index is 1.32. The molecule has 158 valence electrons. The molecule has 1 aliphatic carbocycles. The molecule has 2 fully saturated rings. The van der Waals surface area contributed by atoms with Gasteiger partial charge in [0.05, 0.1) is 0 Å². The lowest BCUT2D eigenvalue weighted by molar-refractivity contribution is 0.0915. The van der Waals surface area contributed by atoms with Crippen molar-refractivity contribution in [3.05, 3.63) is 59.7 Å². The molecule has 1 atom stereocenters. The maximum Gasteiger partial charge on any atom is 0.255 e. The van der Waals surface area contributed by atoms with E-state index in [4.69, 9.17) is 0 Å². The fourth-order valence-electron chi connectivity index (χ4n) is 3.95. The fourth-order valence-corrected chi connectivity index (χ4v) is 3.95. The van der Waals surface area contributed by atoms with Crippen LogP contribution in [0.25, 0.3) is 0 Å². The van der Waals surface area contributed by atoms with Gasteiger partial charge in [0, 0.05) is 47.7 Å². The SMILES string of the molecule is CN(C)C1CCN(c2ccc(NC(=O)c3ccc(C(=O)NC4CCC4)cc3)cc2)C1. The molecule has 1 saturated carbocycles. The van der Waals surface area contributed by atoms with Crippen molar-refractivity contribution in [3.63, 3.8) is 0 Å². The van der Waals surface area contributed by atoms with Crippen molar-refractivity contribution < 1.29 is 9.59 Å². The van der Waals surface area contributed by atoms with Crippen molar-refractivity contribution in [2.75, 3.05) is 37.4 Å². The first-order valence-electron chi connectivity index (χ1n) is 10.7. The maximum absolute atomic E-state index is 12.6. The van der Waals surface area contributed by atoms with E-state index in [1.807, 2.05) is 12.1 Å². The van der Waals surface area contributed by atoms with Crippen molar-refractivity contribution in [1.82, 2.24) is 10.2 Å². The highest BCUT2D eigenvalue weighted by molar-refractivity contribution is 6.05. The van der Waals surface area contributed by atoms with Crippen LogP contribution >= 0.6 is 0 Å².